The Morgan fingerprint density at radius 2 is 1.39 bits per heavy atom. The van der Waals surface area contributed by atoms with Crippen LogP contribution in [-0.4, -0.2) is 19.9 Å². The third-order valence-electron chi connectivity index (χ3n) is 5.49. The van der Waals surface area contributed by atoms with Gasteiger partial charge in [0, 0.05) is 16.5 Å². The van der Waals surface area contributed by atoms with Crippen LogP contribution in [0.2, 0.25) is 0 Å². The van der Waals surface area contributed by atoms with Gasteiger partial charge in [-0.05, 0) is 59.8 Å². The maximum atomic E-state index is 6.19. The smallest absolute Gasteiger partial charge is 0.128 e. The number of H-pyrrole nitrogens is 2. The lowest BCUT2D eigenvalue weighted by Crippen LogP contribution is -2.04. The highest BCUT2D eigenvalue weighted by molar-refractivity contribution is 6.14. The highest BCUT2D eigenvalue weighted by Crippen LogP contribution is 2.42. The monoisotopic (exact) mass is 366 g/mol. The summed E-state index contributed by atoms with van der Waals surface area (Å²) in [6.45, 7) is 4.49. The van der Waals surface area contributed by atoms with Crippen LogP contribution in [0.3, 0.4) is 0 Å². The molecule has 28 heavy (non-hydrogen) atoms. The minimum absolute atomic E-state index is 0.565. The van der Waals surface area contributed by atoms with Gasteiger partial charge in [-0.15, -0.1) is 0 Å². The molecule has 5 nitrogen and oxygen atoms in total. The number of ether oxygens (including phenoxy) is 1. The summed E-state index contributed by atoms with van der Waals surface area (Å²) in [4.78, 5) is 15.3. The first-order valence-electron chi connectivity index (χ1n) is 9.36. The van der Waals surface area contributed by atoms with E-state index in [1.54, 1.807) is 0 Å². The van der Waals surface area contributed by atoms with Crippen LogP contribution in [0.25, 0.3) is 44.1 Å². The third-order valence-corrected chi connectivity index (χ3v) is 5.49. The molecule has 0 fully saturated rings. The molecule has 0 amide bonds. The predicted molar refractivity (Wildman–Crippen MR) is 110 cm³/mol. The van der Waals surface area contributed by atoms with Gasteiger partial charge in [-0.1, -0.05) is 12.1 Å². The fourth-order valence-corrected chi connectivity index (χ4v) is 4.21. The van der Waals surface area contributed by atoms with Crippen molar-refractivity contribution in [1.29, 1.82) is 0 Å². The Morgan fingerprint density at radius 3 is 2.00 bits per heavy atom. The fraction of sp³-hybridized carbons (Fsp3) is 0.130. The van der Waals surface area contributed by atoms with Crippen molar-refractivity contribution < 1.29 is 4.74 Å². The van der Waals surface area contributed by atoms with Crippen LogP contribution in [0.1, 0.15) is 17.2 Å². The fourth-order valence-electron chi connectivity index (χ4n) is 4.21. The quantitative estimate of drug-likeness (QED) is 0.418. The molecule has 0 aliphatic carbocycles. The second kappa shape index (κ2) is 5.45. The minimum Gasteiger partial charge on any atom is -0.488 e. The lowest BCUT2D eigenvalue weighted by Gasteiger charge is -2.21. The van der Waals surface area contributed by atoms with E-state index in [0.717, 1.165) is 39.9 Å². The molecule has 0 saturated heterocycles. The summed E-state index contributed by atoms with van der Waals surface area (Å²) in [6.07, 6.45) is 3.76. The van der Waals surface area contributed by atoms with Crippen molar-refractivity contribution in [3.05, 3.63) is 66.0 Å². The molecule has 0 atom stereocenters. The number of hydrogen-bond donors (Lipinski definition) is 2. The first kappa shape index (κ1) is 15.5. The summed E-state index contributed by atoms with van der Waals surface area (Å²) >= 11 is 0. The maximum Gasteiger partial charge on any atom is 0.128 e. The molecule has 0 bridgehead atoms. The molecule has 5 heteroatoms. The summed E-state index contributed by atoms with van der Waals surface area (Å²) in [5, 5.41) is 4.87. The van der Waals surface area contributed by atoms with E-state index in [1.165, 1.54) is 27.1 Å². The van der Waals surface area contributed by atoms with Crippen molar-refractivity contribution in [3.63, 3.8) is 0 Å². The van der Waals surface area contributed by atoms with Gasteiger partial charge in [0.1, 0.15) is 24.0 Å². The number of benzene rings is 3. The van der Waals surface area contributed by atoms with Crippen molar-refractivity contribution in [1.82, 2.24) is 19.9 Å². The highest BCUT2D eigenvalue weighted by atomic mass is 16.5. The van der Waals surface area contributed by atoms with E-state index < -0.39 is 0 Å². The summed E-state index contributed by atoms with van der Waals surface area (Å²) in [5.41, 5.74) is 5.49. The molecule has 0 unspecified atom stereocenters. The Bertz CT molecular complexity index is 1290. The van der Waals surface area contributed by atoms with Crippen molar-refractivity contribution in [2.75, 3.05) is 0 Å². The van der Waals surface area contributed by atoms with Gasteiger partial charge in [-0.25, -0.2) is 9.97 Å². The maximum absolute atomic E-state index is 6.19. The number of hydrogen-bond acceptors (Lipinski definition) is 3. The lowest BCUT2D eigenvalue weighted by molar-refractivity contribution is 0.308. The van der Waals surface area contributed by atoms with Crippen molar-refractivity contribution >= 4 is 21.5 Å². The second-order valence-corrected chi connectivity index (χ2v) is 7.42. The molecule has 0 radical (unpaired) electrons. The van der Waals surface area contributed by atoms with E-state index in [9.17, 15) is 0 Å². The van der Waals surface area contributed by atoms with Gasteiger partial charge < -0.3 is 14.7 Å². The summed E-state index contributed by atoms with van der Waals surface area (Å²) in [5.74, 6) is 2.76. The van der Waals surface area contributed by atoms with Crippen LogP contribution in [0.4, 0.5) is 0 Å². The zero-order chi connectivity index (χ0) is 18.8. The van der Waals surface area contributed by atoms with Crippen molar-refractivity contribution in [2.45, 2.75) is 20.5 Å². The van der Waals surface area contributed by atoms with E-state index in [1.807, 2.05) is 26.2 Å². The zero-order valence-corrected chi connectivity index (χ0v) is 15.6. The Kier molecular flexibility index (Phi) is 3.01. The number of aromatic nitrogens is 4. The Morgan fingerprint density at radius 1 is 0.786 bits per heavy atom. The lowest BCUT2D eigenvalue weighted by atomic mass is 9.92. The first-order chi connectivity index (χ1) is 13.7. The highest BCUT2D eigenvalue weighted by Gasteiger charge is 2.19. The average Bonchev–Trinajstić information content (AvgIpc) is 3.34. The molecule has 136 valence electrons. The van der Waals surface area contributed by atoms with Crippen LogP contribution in [0.5, 0.6) is 5.75 Å². The largest absolute Gasteiger partial charge is 0.488 e. The molecule has 6 rings (SSSR count). The molecule has 3 heterocycles. The molecule has 0 spiro atoms. The number of aromatic amines is 2. The number of imidazole rings is 2. The summed E-state index contributed by atoms with van der Waals surface area (Å²) in [7, 11) is 0. The molecule has 5 aromatic rings. The van der Waals surface area contributed by atoms with E-state index in [4.69, 9.17) is 4.74 Å². The van der Waals surface area contributed by atoms with Crippen LogP contribution in [0.15, 0.2) is 48.8 Å². The van der Waals surface area contributed by atoms with Gasteiger partial charge in [0.05, 0.1) is 23.8 Å². The molecule has 2 N–H and O–H groups in total. The molecule has 0 saturated carbocycles. The average molecular weight is 366 g/mol. The zero-order valence-electron chi connectivity index (χ0n) is 15.6. The number of nitrogens with zero attached hydrogens (tertiary/aromatic N) is 2. The molecular weight excluding hydrogens is 348 g/mol. The minimum atomic E-state index is 0.565. The predicted octanol–water partition coefficient (Wildman–Crippen LogP) is 5.28. The number of nitrogens with one attached hydrogen (secondary N) is 2. The van der Waals surface area contributed by atoms with Gasteiger partial charge in [0.15, 0.2) is 0 Å². The normalized spacial score (nSPS) is 12.8. The number of rotatable bonds is 2. The van der Waals surface area contributed by atoms with Crippen LogP contribution >= 0.6 is 0 Å². The van der Waals surface area contributed by atoms with Crippen LogP contribution < -0.4 is 4.74 Å². The molecular formula is C23H18N4O. The summed E-state index contributed by atoms with van der Waals surface area (Å²) in [6, 6.07) is 13.1. The first-order valence-corrected chi connectivity index (χ1v) is 9.36. The Labute approximate surface area is 161 Å². The van der Waals surface area contributed by atoms with Gasteiger partial charge in [0.2, 0.25) is 0 Å². The summed E-state index contributed by atoms with van der Waals surface area (Å²) < 4.78 is 6.19. The van der Waals surface area contributed by atoms with E-state index >= 15 is 0 Å². The van der Waals surface area contributed by atoms with Crippen LogP contribution in [-0.2, 0) is 6.61 Å². The van der Waals surface area contributed by atoms with Gasteiger partial charge in [-0.2, -0.15) is 0 Å². The molecule has 1 aliphatic rings. The van der Waals surface area contributed by atoms with E-state index in [0.29, 0.717) is 6.61 Å². The van der Waals surface area contributed by atoms with Gasteiger partial charge >= 0.3 is 0 Å². The number of aryl methyl sites for hydroxylation is 2. The van der Waals surface area contributed by atoms with Gasteiger partial charge in [0.25, 0.3) is 0 Å². The molecule has 1 aliphatic heterocycles. The SMILES string of the molecule is Cc1ncc(-c2cc3c4c(ccc5cc(-c6cnc(C)[nH]6)cc(c54)OC3)c2)[nH]1. The van der Waals surface area contributed by atoms with Crippen molar-refractivity contribution in [2.24, 2.45) is 0 Å². The standard InChI is InChI=1S/C23H18N4O/c1-12-24-9-19(26-12)16-5-14-3-4-15-6-17(20-10-25-13(2)27-20)8-21-23(15)22(14)18(7-16)11-28-21/h3-10H,11H2,1-2H3,(H,24,26)(H,25,27). The Balaban J connectivity index is 1.61. The van der Waals surface area contributed by atoms with Crippen LogP contribution in [0, 0.1) is 13.8 Å². The molecule has 3 aromatic carbocycles. The van der Waals surface area contributed by atoms with E-state index in [-0.39, 0.29) is 0 Å². The Hall–Kier alpha value is -3.60. The third kappa shape index (κ3) is 2.19. The molecule has 2 aromatic heterocycles. The van der Waals surface area contributed by atoms with Gasteiger partial charge in [-0.3, -0.25) is 0 Å². The second-order valence-electron chi connectivity index (χ2n) is 7.42. The topological polar surface area (TPSA) is 66.6 Å². The van der Waals surface area contributed by atoms with Crippen molar-refractivity contribution in [3.8, 4) is 28.3 Å². The van der Waals surface area contributed by atoms with E-state index in [2.05, 4.69) is 56.3 Å².